The molecule has 0 atom stereocenters. The van der Waals surface area contributed by atoms with Gasteiger partial charge in [-0.15, -0.1) is 11.6 Å². The average Bonchev–Trinajstić information content (AvgIpc) is 2.28. The van der Waals surface area contributed by atoms with E-state index in [9.17, 15) is 0 Å². The number of aromatic nitrogens is 3. The van der Waals surface area contributed by atoms with Crippen LogP contribution in [0.5, 0.6) is 0 Å². The molecule has 96 valence electrons. The van der Waals surface area contributed by atoms with Crippen molar-refractivity contribution in [1.82, 2.24) is 15.0 Å². The number of hydrogen-bond donors (Lipinski definition) is 0. The lowest BCUT2D eigenvalue weighted by atomic mass is 10.4. The molecule has 0 aliphatic carbocycles. The molecule has 0 bridgehead atoms. The Kier molecular flexibility index (Phi) is 6.12. The van der Waals surface area contributed by atoms with E-state index in [0.717, 1.165) is 0 Å². The molecule has 1 aromatic heterocycles. The van der Waals surface area contributed by atoms with Crippen molar-refractivity contribution in [3.63, 3.8) is 0 Å². The van der Waals surface area contributed by atoms with Gasteiger partial charge in [0.2, 0.25) is 0 Å². The summed E-state index contributed by atoms with van der Waals surface area (Å²) in [7, 11) is 0. The first kappa shape index (κ1) is 16.1. The van der Waals surface area contributed by atoms with Crippen molar-refractivity contribution < 1.29 is 0 Å². The van der Waals surface area contributed by atoms with Crippen molar-refractivity contribution >= 4 is 81.2 Å². The summed E-state index contributed by atoms with van der Waals surface area (Å²) in [5.41, 5.74) is 0. The molecule has 0 spiro atoms. The van der Waals surface area contributed by atoms with Gasteiger partial charge >= 0.3 is 0 Å². The van der Waals surface area contributed by atoms with Gasteiger partial charge in [-0.25, -0.2) is 15.0 Å². The van der Waals surface area contributed by atoms with Gasteiger partial charge in [-0.05, 0) is 0 Å². The molecule has 10 heteroatoms. The third kappa shape index (κ3) is 4.27. The zero-order valence-electron chi connectivity index (χ0n) is 7.85. The second-order valence-corrected chi connectivity index (χ2v) is 6.76. The molecule has 0 radical (unpaired) electrons. The summed E-state index contributed by atoms with van der Waals surface area (Å²) in [6, 6.07) is 0. The first-order chi connectivity index (χ1) is 7.77. The number of rotatable bonds is 4. The summed E-state index contributed by atoms with van der Waals surface area (Å²) in [6.07, 6.45) is 0. The van der Waals surface area contributed by atoms with E-state index in [4.69, 9.17) is 81.2 Å². The number of hydrogen-bond acceptors (Lipinski definition) is 3. The lowest BCUT2D eigenvalue weighted by Gasteiger charge is -2.16. The highest BCUT2D eigenvalue weighted by Gasteiger charge is 2.31. The molecule has 0 unspecified atom stereocenters. The lowest BCUT2D eigenvalue weighted by molar-refractivity contribution is 0.765. The molecule has 1 heterocycles. The van der Waals surface area contributed by atoms with E-state index in [2.05, 4.69) is 15.0 Å². The summed E-state index contributed by atoms with van der Waals surface area (Å²) in [6.45, 7) is 0. The van der Waals surface area contributed by atoms with Gasteiger partial charge in [-0.1, -0.05) is 69.6 Å². The van der Waals surface area contributed by atoms with Crippen LogP contribution in [0.1, 0.15) is 27.1 Å². The molecule has 0 N–H and O–H groups in total. The molecule has 0 fully saturated rings. The van der Waals surface area contributed by atoms with E-state index in [-0.39, 0.29) is 23.4 Å². The Labute approximate surface area is 133 Å². The third-order valence-electron chi connectivity index (χ3n) is 1.56. The maximum Gasteiger partial charge on any atom is 0.190 e. The van der Waals surface area contributed by atoms with Gasteiger partial charge in [-0.2, -0.15) is 0 Å². The van der Waals surface area contributed by atoms with E-state index >= 15 is 0 Å². The van der Waals surface area contributed by atoms with E-state index in [1.165, 1.54) is 0 Å². The first-order valence-electron chi connectivity index (χ1n) is 4.04. The Hall–Kier alpha value is 1.04. The molecular formula is C7H4Cl7N3. The largest absolute Gasteiger partial charge is 0.212 e. The van der Waals surface area contributed by atoms with Gasteiger partial charge in [0.1, 0.15) is 0 Å². The predicted molar refractivity (Wildman–Crippen MR) is 72.8 cm³/mol. The van der Waals surface area contributed by atoms with Crippen LogP contribution in [0.3, 0.4) is 0 Å². The van der Waals surface area contributed by atoms with E-state index < -0.39 is 14.0 Å². The maximum atomic E-state index is 5.91. The average molecular weight is 378 g/mol. The quantitative estimate of drug-likeness (QED) is 0.714. The van der Waals surface area contributed by atoms with Gasteiger partial charge in [0.15, 0.2) is 31.5 Å². The molecule has 3 nitrogen and oxygen atoms in total. The third-order valence-corrected chi connectivity index (χ3v) is 3.62. The lowest BCUT2D eigenvalue weighted by Crippen LogP contribution is -2.20. The molecule has 1 aromatic rings. The Morgan fingerprint density at radius 3 is 1.59 bits per heavy atom. The standard InChI is InChI=1S/C7H4Cl7N3/c8-1-7(13,14)6-16-4(2(9)10)15-5(17-6)3(11)12/h2-3H,1H2. The van der Waals surface area contributed by atoms with Crippen molar-refractivity contribution in [2.24, 2.45) is 0 Å². The zero-order valence-corrected chi connectivity index (χ0v) is 13.1. The van der Waals surface area contributed by atoms with Crippen LogP contribution in [0.25, 0.3) is 0 Å². The summed E-state index contributed by atoms with van der Waals surface area (Å²) in [5.74, 6) is -0.0389. The van der Waals surface area contributed by atoms with Gasteiger partial charge < -0.3 is 0 Å². The van der Waals surface area contributed by atoms with Gasteiger partial charge in [0.05, 0.1) is 5.88 Å². The topological polar surface area (TPSA) is 38.7 Å². The minimum Gasteiger partial charge on any atom is -0.212 e. The highest BCUT2D eigenvalue weighted by Crippen LogP contribution is 2.35. The number of alkyl halides is 7. The van der Waals surface area contributed by atoms with Crippen LogP contribution >= 0.6 is 81.2 Å². The van der Waals surface area contributed by atoms with Crippen LogP contribution in [-0.2, 0) is 4.33 Å². The molecule has 0 aliphatic rings. The summed E-state index contributed by atoms with van der Waals surface area (Å²) in [5, 5.41) is 0. The minimum absolute atomic E-state index is 0.00608. The van der Waals surface area contributed by atoms with E-state index in [1.54, 1.807) is 0 Å². The van der Waals surface area contributed by atoms with Crippen LogP contribution in [-0.4, -0.2) is 20.8 Å². The van der Waals surface area contributed by atoms with Gasteiger partial charge in [0, 0.05) is 0 Å². The van der Waals surface area contributed by atoms with Crippen molar-refractivity contribution in [3.05, 3.63) is 17.5 Å². The molecule has 17 heavy (non-hydrogen) atoms. The van der Waals surface area contributed by atoms with Crippen molar-refractivity contribution in [1.29, 1.82) is 0 Å². The summed E-state index contributed by atoms with van der Waals surface area (Å²) >= 11 is 40.0. The van der Waals surface area contributed by atoms with Crippen LogP contribution in [0.15, 0.2) is 0 Å². The fourth-order valence-electron chi connectivity index (χ4n) is 0.828. The number of nitrogens with zero attached hydrogens (tertiary/aromatic N) is 3. The van der Waals surface area contributed by atoms with Crippen LogP contribution < -0.4 is 0 Å². The van der Waals surface area contributed by atoms with Gasteiger partial charge in [-0.3, -0.25) is 0 Å². The van der Waals surface area contributed by atoms with Crippen molar-refractivity contribution in [3.8, 4) is 0 Å². The van der Waals surface area contributed by atoms with E-state index in [0.29, 0.717) is 0 Å². The van der Waals surface area contributed by atoms with Gasteiger partial charge in [0.25, 0.3) is 0 Å². The van der Waals surface area contributed by atoms with Crippen LogP contribution in [0, 0.1) is 0 Å². The molecule has 0 saturated carbocycles. The molecule has 0 saturated heterocycles. The maximum absolute atomic E-state index is 5.91. The predicted octanol–water partition coefficient (Wildman–Crippen LogP) is 4.69. The summed E-state index contributed by atoms with van der Waals surface area (Å²) in [4.78, 5) is 9.71. The Morgan fingerprint density at radius 2 is 1.29 bits per heavy atom. The fraction of sp³-hybridized carbons (Fsp3) is 0.571. The SMILES string of the molecule is ClCC(Cl)(Cl)c1nc(C(Cl)Cl)nc(C(Cl)Cl)n1. The molecule has 0 amide bonds. The smallest absolute Gasteiger partial charge is 0.190 e. The Morgan fingerprint density at radius 1 is 0.882 bits per heavy atom. The van der Waals surface area contributed by atoms with Crippen molar-refractivity contribution in [2.75, 3.05) is 5.88 Å². The Bertz CT molecular complexity index is 369. The Balaban J connectivity index is 3.31. The van der Waals surface area contributed by atoms with Crippen LogP contribution in [0.2, 0.25) is 0 Å². The molecular weight excluding hydrogens is 374 g/mol. The molecule has 0 aliphatic heterocycles. The highest BCUT2D eigenvalue weighted by molar-refractivity contribution is 6.50. The van der Waals surface area contributed by atoms with Crippen molar-refractivity contribution in [2.45, 2.75) is 14.0 Å². The normalized spacial score (nSPS) is 12.5. The minimum atomic E-state index is -1.50. The second kappa shape index (κ2) is 6.47. The van der Waals surface area contributed by atoms with E-state index in [1.807, 2.05) is 0 Å². The molecule has 1 rings (SSSR count). The summed E-state index contributed by atoms with van der Waals surface area (Å²) < 4.78 is -1.50. The van der Waals surface area contributed by atoms with Crippen LogP contribution in [0.4, 0.5) is 0 Å². The second-order valence-electron chi connectivity index (χ2n) is 2.81. The first-order valence-corrected chi connectivity index (χ1v) is 7.08. The zero-order chi connectivity index (χ0) is 13.2. The monoisotopic (exact) mass is 375 g/mol. The molecule has 0 aromatic carbocycles. The highest BCUT2D eigenvalue weighted by atomic mass is 35.5. The number of halogens is 7. The fourth-order valence-corrected chi connectivity index (χ4v) is 1.51.